The van der Waals surface area contributed by atoms with Crippen LogP contribution in [0.25, 0.3) is 0 Å². The Hall–Kier alpha value is -1.80. The van der Waals surface area contributed by atoms with Crippen LogP contribution in [0.15, 0.2) is 60.7 Å². The Labute approximate surface area is 171 Å². The molecule has 2 rings (SSSR count). The summed E-state index contributed by atoms with van der Waals surface area (Å²) in [5, 5.41) is 63.9. The lowest BCUT2D eigenvalue weighted by atomic mass is 9.71. The maximum atomic E-state index is 11.4. The molecule has 0 saturated heterocycles. The van der Waals surface area contributed by atoms with Crippen molar-refractivity contribution in [3.8, 4) is 0 Å². The largest absolute Gasteiger partial charge is 0.394 e. The predicted molar refractivity (Wildman–Crippen MR) is 110 cm³/mol. The molecular weight excluding hydrogens is 372 g/mol. The molecule has 2 aromatic carbocycles. The molecule has 0 spiro atoms. The predicted octanol–water partition coefficient (Wildman–Crippen LogP) is 0.809. The number of hydrogen-bond donors (Lipinski definition) is 6. The monoisotopic (exact) mass is 404 g/mol. The smallest absolute Gasteiger partial charge is 0.126 e. The van der Waals surface area contributed by atoms with E-state index in [0.29, 0.717) is 12.0 Å². The Kier molecular flexibility index (Phi) is 8.34. The van der Waals surface area contributed by atoms with Crippen LogP contribution in [0.2, 0.25) is 0 Å². The highest BCUT2D eigenvalue weighted by Crippen LogP contribution is 2.35. The van der Waals surface area contributed by atoms with Gasteiger partial charge in [0.15, 0.2) is 0 Å². The molecule has 1 unspecified atom stereocenters. The second kappa shape index (κ2) is 10.3. The number of aliphatic hydroxyl groups excluding tert-OH is 4. The van der Waals surface area contributed by atoms with Gasteiger partial charge in [-0.25, -0.2) is 0 Å². The van der Waals surface area contributed by atoms with Crippen molar-refractivity contribution in [1.82, 2.24) is 0 Å². The van der Waals surface area contributed by atoms with Gasteiger partial charge in [-0.2, -0.15) is 0 Å². The van der Waals surface area contributed by atoms with Crippen LogP contribution in [0, 0.1) is 0 Å². The lowest BCUT2D eigenvalue weighted by molar-refractivity contribution is -0.230. The fourth-order valence-corrected chi connectivity index (χ4v) is 3.89. The van der Waals surface area contributed by atoms with Crippen LogP contribution in [-0.4, -0.2) is 66.8 Å². The fraction of sp³-hybridized carbons (Fsp3) is 0.478. The van der Waals surface area contributed by atoms with Crippen molar-refractivity contribution in [1.29, 1.82) is 0 Å². The van der Waals surface area contributed by atoms with Crippen molar-refractivity contribution >= 4 is 0 Å². The van der Waals surface area contributed by atoms with E-state index in [0.717, 1.165) is 5.56 Å². The molecule has 0 fully saturated rings. The molecule has 6 heteroatoms. The highest BCUT2D eigenvalue weighted by molar-refractivity contribution is 5.23. The summed E-state index contributed by atoms with van der Waals surface area (Å²) in [7, 11) is 0. The van der Waals surface area contributed by atoms with Crippen molar-refractivity contribution in [3.63, 3.8) is 0 Å². The van der Waals surface area contributed by atoms with Gasteiger partial charge in [0.25, 0.3) is 0 Å². The van der Waals surface area contributed by atoms with Gasteiger partial charge in [0.05, 0.1) is 12.2 Å². The molecule has 6 nitrogen and oxygen atoms in total. The van der Waals surface area contributed by atoms with Crippen LogP contribution in [0.1, 0.15) is 30.9 Å². The van der Waals surface area contributed by atoms with Crippen LogP contribution in [0.4, 0.5) is 0 Å². The van der Waals surface area contributed by atoms with Crippen molar-refractivity contribution in [2.24, 2.45) is 0 Å². The van der Waals surface area contributed by atoms with E-state index in [2.05, 4.69) is 0 Å². The van der Waals surface area contributed by atoms with E-state index in [1.54, 1.807) is 30.3 Å². The van der Waals surface area contributed by atoms with E-state index < -0.39 is 36.1 Å². The first kappa shape index (κ1) is 23.5. The van der Waals surface area contributed by atoms with Gasteiger partial charge in [-0.1, -0.05) is 74.0 Å². The minimum Gasteiger partial charge on any atom is -0.394 e. The molecule has 0 bridgehead atoms. The van der Waals surface area contributed by atoms with E-state index >= 15 is 0 Å². The zero-order valence-electron chi connectivity index (χ0n) is 16.7. The van der Waals surface area contributed by atoms with Crippen molar-refractivity contribution < 1.29 is 30.6 Å². The number of hydrogen-bond acceptors (Lipinski definition) is 6. The zero-order valence-corrected chi connectivity index (χ0v) is 16.7. The average Bonchev–Trinajstić information content (AvgIpc) is 2.73. The Morgan fingerprint density at radius 3 is 1.72 bits per heavy atom. The first-order valence-corrected chi connectivity index (χ1v) is 9.94. The van der Waals surface area contributed by atoms with Gasteiger partial charge in [0, 0.05) is 12.8 Å². The third-order valence-corrected chi connectivity index (χ3v) is 5.41. The summed E-state index contributed by atoms with van der Waals surface area (Å²) in [6, 6.07) is 17.8. The summed E-state index contributed by atoms with van der Waals surface area (Å²) >= 11 is 0. The van der Waals surface area contributed by atoms with Gasteiger partial charge in [0.2, 0.25) is 0 Å². The Morgan fingerprint density at radius 1 is 0.793 bits per heavy atom. The second-order valence-corrected chi connectivity index (χ2v) is 7.77. The minimum absolute atomic E-state index is 0.0574. The molecule has 0 radical (unpaired) electrons. The molecule has 0 aliphatic carbocycles. The fourth-order valence-electron chi connectivity index (χ4n) is 3.89. The average molecular weight is 405 g/mol. The van der Waals surface area contributed by atoms with Gasteiger partial charge in [-0.3, -0.25) is 0 Å². The SMILES string of the molecule is CCCC(O)(Cc1ccccc1)[C@@H](O)[C@@](O)(Cc1ccccc1)[C@H](O)[C@@H](O)CO. The van der Waals surface area contributed by atoms with E-state index in [1.165, 1.54) is 0 Å². The van der Waals surface area contributed by atoms with E-state index in [1.807, 2.05) is 37.3 Å². The van der Waals surface area contributed by atoms with E-state index in [-0.39, 0.29) is 19.3 Å². The lowest BCUT2D eigenvalue weighted by Gasteiger charge is -2.46. The number of benzene rings is 2. The molecule has 0 amide bonds. The third-order valence-electron chi connectivity index (χ3n) is 5.41. The van der Waals surface area contributed by atoms with Gasteiger partial charge in [-0.15, -0.1) is 0 Å². The summed E-state index contributed by atoms with van der Waals surface area (Å²) < 4.78 is 0. The van der Waals surface area contributed by atoms with Crippen LogP contribution in [0.5, 0.6) is 0 Å². The zero-order chi connectivity index (χ0) is 21.5. The molecule has 2 aromatic rings. The summed E-state index contributed by atoms with van der Waals surface area (Å²) in [5.41, 5.74) is -2.67. The first-order valence-electron chi connectivity index (χ1n) is 9.94. The van der Waals surface area contributed by atoms with E-state index in [9.17, 15) is 30.6 Å². The van der Waals surface area contributed by atoms with E-state index in [4.69, 9.17) is 0 Å². The standard InChI is InChI=1S/C23H32O6/c1-2-13-22(28,14-17-9-5-3-6-10-17)21(27)23(29,20(26)19(25)16-24)15-18-11-7-4-8-12-18/h3-12,19-21,24-29H,2,13-16H2,1H3/t19-,20+,21+,22?,23+/m0/s1. The molecule has 160 valence electrons. The molecule has 5 atom stereocenters. The molecule has 29 heavy (non-hydrogen) atoms. The van der Waals surface area contributed by atoms with Crippen LogP contribution < -0.4 is 0 Å². The van der Waals surface area contributed by atoms with Gasteiger partial charge in [0.1, 0.15) is 23.9 Å². The topological polar surface area (TPSA) is 121 Å². The molecule has 0 saturated carbocycles. The molecule has 6 N–H and O–H groups in total. The highest BCUT2D eigenvalue weighted by Gasteiger charge is 2.53. The Balaban J connectivity index is 2.44. The summed E-state index contributed by atoms with van der Waals surface area (Å²) in [5.74, 6) is 0. The lowest BCUT2D eigenvalue weighted by Crippen LogP contribution is -2.66. The Bertz CT molecular complexity index is 725. The number of rotatable bonds is 11. The van der Waals surface area contributed by atoms with Gasteiger partial charge in [-0.05, 0) is 17.5 Å². The molecular formula is C23H32O6. The maximum Gasteiger partial charge on any atom is 0.126 e. The van der Waals surface area contributed by atoms with Crippen LogP contribution in [-0.2, 0) is 12.8 Å². The molecule has 0 aromatic heterocycles. The van der Waals surface area contributed by atoms with Crippen molar-refractivity contribution in [2.75, 3.05) is 6.61 Å². The minimum atomic E-state index is -2.29. The summed E-state index contributed by atoms with van der Waals surface area (Å²) in [6.45, 7) is 1.05. The van der Waals surface area contributed by atoms with Crippen molar-refractivity contribution in [3.05, 3.63) is 71.8 Å². The van der Waals surface area contributed by atoms with Gasteiger partial charge < -0.3 is 30.6 Å². The van der Waals surface area contributed by atoms with Crippen LogP contribution >= 0.6 is 0 Å². The Morgan fingerprint density at radius 2 is 1.28 bits per heavy atom. The third kappa shape index (κ3) is 5.63. The molecule has 0 heterocycles. The highest BCUT2D eigenvalue weighted by atomic mass is 16.4. The maximum absolute atomic E-state index is 11.4. The summed E-state index contributed by atoms with van der Waals surface area (Å²) in [4.78, 5) is 0. The quantitative estimate of drug-likeness (QED) is 0.330. The van der Waals surface area contributed by atoms with Crippen LogP contribution in [0.3, 0.4) is 0 Å². The van der Waals surface area contributed by atoms with Gasteiger partial charge >= 0.3 is 0 Å². The summed E-state index contributed by atoms with van der Waals surface area (Å²) in [6.07, 6.45) is -4.80. The number of aliphatic hydroxyl groups is 6. The molecule has 0 aliphatic rings. The molecule has 0 aliphatic heterocycles. The van der Waals surface area contributed by atoms with Crippen molar-refractivity contribution in [2.45, 2.75) is 62.1 Å². The second-order valence-electron chi connectivity index (χ2n) is 7.77. The normalized spacial score (nSPS) is 19.0. The first-order chi connectivity index (χ1) is 13.8.